The first-order valence-electron chi connectivity index (χ1n) is 6.14. The van der Waals surface area contributed by atoms with Crippen molar-refractivity contribution in [2.24, 2.45) is 5.29 Å². The molecule has 15 heavy (non-hydrogen) atoms. The van der Waals surface area contributed by atoms with Crippen LogP contribution in [0, 0.1) is 4.91 Å². The number of aliphatic hydroxyl groups is 1. The summed E-state index contributed by atoms with van der Waals surface area (Å²) in [6, 6.07) is 2.62. The van der Waals surface area contributed by atoms with Gasteiger partial charge in [0.25, 0.3) is 0 Å². The molecular formula is C10H15N3O2. The first-order valence-corrected chi connectivity index (χ1v) is 4.64. The molecule has 1 aromatic heterocycles. The number of pyridine rings is 1. The fourth-order valence-electron chi connectivity index (χ4n) is 1.34. The normalized spacial score (nSPS) is 15.9. The van der Waals surface area contributed by atoms with Crippen LogP contribution >= 0.6 is 0 Å². The Kier molecular flexibility index (Phi) is 3.14. The van der Waals surface area contributed by atoms with Crippen LogP contribution < -0.4 is 0 Å². The van der Waals surface area contributed by atoms with Crippen molar-refractivity contribution in [3.05, 3.63) is 35.0 Å². The zero-order valence-electron chi connectivity index (χ0n) is 11.2. The summed E-state index contributed by atoms with van der Waals surface area (Å²) in [4.78, 5) is 14.7. The first-order chi connectivity index (χ1) is 8.50. The van der Waals surface area contributed by atoms with Crippen molar-refractivity contribution in [1.82, 2.24) is 9.99 Å². The van der Waals surface area contributed by atoms with Crippen LogP contribution in [0.4, 0.5) is 0 Å². The van der Waals surface area contributed by atoms with Gasteiger partial charge in [0, 0.05) is 30.1 Å². The minimum atomic E-state index is -2.61. The Morgan fingerprint density at radius 3 is 3.20 bits per heavy atom. The fraction of sp³-hybridized carbons (Fsp3) is 0.500. The monoisotopic (exact) mass is 212 g/mol. The van der Waals surface area contributed by atoms with E-state index >= 15 is 0 Å². The van der Waals surface area contributed by atoms with Crippen molar-refractivity contribution in [2.75, 3.05) is 13.6 Å². The van der Waals surface area contributed by atoms with E-state index in [1.807, 2.05) is 0 Å². The number of aliphatic hydroxyl groups excluding tert-OH is 1. The van der Waals surface area contributed by atoms with Crippen LogP contribution in [0.2, 0.25) is 0 Å². The summed E-state index contributed by atoms with van der Waals surface area (Å²) in [5.41, 5.74) is 0.585. The Labute approximate surface area is 92.9 Å². The molecule has 0 amide bonds. The molecule has 0 aliphatic heterocycles. The summed E-state index contributed by atoms with van der Waals surface area (Å²) in [7, 11) is 0. The summed E-state index contributed by atoms with van der Waals surface area (Å²) in [6.07, 6.45) is 3.74. The third kappa shape index (κ3) is 3.28. The number of hydrogen-bond donors (Lipinski definition) is 1. The van der Waals surface area contributed by atoms with Crippen LogP contribution in [0.3, 0.4) is 0 Å². The molecule has 1 aromatic rings. The first kappa shape index (κ1) is 7.76. The van der Waals surface area contributed by atoms with Crippen LogP contribution in [-0.4, -0.2) is 28.7 Å². The maximum Gasteiger partial charge on any atom is 0.0764 e. The number of nitrogens with zero attached hydrogens (tertiary/aromatic N) is 3. The van der Waals surface area contributed by atoms with Crippen molar-refractivity contribution < 1.29 is 9.22 Å². The van der Waals surface area contributed by atoms with Gasteiger partial charge in [-0.25, -0.2) is 0 Å². The van der Waals surface area contributed by atoms with Gasteiger partial charge in [0.2, 0.25) is 0 Å². The lowest BCUT2D eigenvalue weighted by molar-refractivity contribution is 0.211. The standard InChI is InChI=1S/C10H15N3O2/c1-13(12-15)10(5-3-7-14)9-4-2-6-11-8-9/h2,4,6,8,10,14H,3,5,7H2,1H3/i1D3. The Morgan fingerprint density at radius 1 is 1.80 bits per heavy atom. The Bertz CT molecular complexity index is 372. The van der Waals surface area contributed by atoms with Crippen LogP contribution in [0.25, 0.3) is 0 Å². The largest absolute Gasteiger partial charge is 0.396 e. The minimum Gasteiger partial charge on any atom is -0.396 e. The van der Waals surface area contributed by atoms with Crippen LogP contribution in [-0.2, 0) is 0 Å². The van der Waals surface area contributed by atoms with E-state index in [0.717, 1.165) is 0 Å². The molecule has 82 valence electrons. The fourth-order valence-corrected chi connectivity index (χ4v) is 1.34. The van der Waals surface area contributed by atoms with Gasteiger partial charge in [0.1, 0.15) is 0 Å². The molecule has 0 saturated heterocycles. The molecule has 1 rings (SSSR count). The van der Waals surface area contributed by atoms with E-state index in [4.69, 9.17) is 9.22 Å². The zero-order chi connectivity index (χ0) is 13.6. The average molecular weight is 212 g/mol. The van der Waals surface area contributed by atoms with E-state index < -0.39 is 13.0 Å². The summed E-state index contributed by atoms with van der Waals surface area (Å²) in [6.45, 7) is -2.69. The second kappa shape index (κ2) is 6.08. The SMILES string of the molecule is [2H]C([2H])([2H])N(N=O)C(CCCO)c1cccnc1. The number of aromatic nitrogens is 1. The van der Waals surface area contributed by atoms with Crippen molar-refractivity contribution in [2.45, 2.75) is 18.9 Å². The molecule has 0 aliphatic carbocycles. The maximum atomic E-state index is 10.8. The topological polar surface area (TPSA) is 65.8 Å². The summed E-state index contributed by atoms with van der Waals surface area (Å²) >= 11 is 0. The quantitative estimate of drug-likeness (QED) is 0.573. The van der Waals surface area contributed by atoms with E-state index in [1.165, 1.54) is 6.20 Å². The highest BCUT2D eigenvalue weighted by molar-refractivity contribution is 5.13. The van der Waals surface area contributed by atoms with Gasteiger partial charge in [0.05, 0.1) is 11.3 Å². The molecule has 5 heteroatoms. The van der Waals surface area contributed by atoms with Crippen LogP contribution in [0.5, 0.6) is 0 Å². The predicted octanol–water partition coefficient (Wildman–Crippen LogP) is 1.51. The summed E-state index contributed by atoms with van der Waals surface area (Å²) in [5.74, 6) is 0. The Balaban J connectivity index is 3.00. The third-order valence-electron chi connectivity index (χ3n) is 2.09. The molecular weight excluding hydrogens is 194 g/mol. The Hall–Kier alpha value is -1.49. The van der Waals surface area contributed by atoms with Crippen molar-refractivity contribution in [1.29, 1.82) is 0 Å². The number of nitroso groups, excluding NO2 is 1. The van der Waals surface area contributed by atoms with E-state index in [9.17, 15) is 4.91 Å². The molecule has 0 radical (unpaired) electrons. The average Bonchev–Trinajstić information content (AvgIpc) is 2.34. The van der Waals surface area contributed by atoms with Gasteiger partial charge in [-0.2, -0.15) is 0 Å². The summed E-state index contributed by atoms with van der Waals surface area (Å²) in [5, 5.41) is 12.0. The lowest BCUT2D eigenvalue weighted by atomic mass is 10.0. The Morgan fingerprint density at radius 2 is 2.67 bits per heavy atom. The molecule has 1 atom stereocenters. The lowest BCUT2D eigenvalue weighted by Crippen LogP contribution is -2.19. The highest BCUT2D eigenvalue weighted by Gasteiger charge is 2.16. The highest BCUT2D eigenvalue weighted by Crippen LogP contribution is 2.23. The van der Waals surface area contributed by atoms with Crippen LogP contribution in [0.1, 0.15) is 28.6 Å². The van der Waals surface area contributed by atoms with E-state index in [0.29, 0.717) is 23.4 Å². The molecule has 1 unspecified atom stereocenters. The molecule has 0 saturated carbocycles. The summed E-state index contributed by atoms with van der Waals surface area (Å²) < 4.78 is 21.9. The molecule has 0 fully saturated rings. The predicted molar refractivity (Wildman–Crippen MR) is 56.9 cm³/mol. The molecule has 1 heterocycles. The molecule has 1 N–H and O–H groups in total. The van der Waals surface area contributed by atoms with E-state index in [2.05, 4.69) is 10.3 Å². The highest BCUT2D eigenvalue weighted by atomic mass is 16.3. The van der Waals surface area contributed by atoms with Gasteiger partial charge in [-0.3, -0.25) is 9.99 Å². The lowest BCUT2D eigenvalue weighted by Gasteiger charge is -2.22. The zero-order valence-corrected chi connectivity index (χ0v) is 8.21. The molecule has 0 bridgehead atoms. The molecule has 0 aromatic carbocycles. The van der Waals surface area contributed by atoms with Gasteiger partial charge < -0.3 is 5.11 Å². The molecule has 0 spiro atoms. The molecule has 0 aliphatic rings. The van der Waals surface area contributed by atoms with Crippen LogP contribution in [0.15, 0.2) is 29.8 Å². The van der Waals surface area contributed by atoms with Gasteiger partial charge in [-0.15, -0.1) is 4.91 Å². The van der Waals surface area contributed by atoms with E-state index in [1.54, 1.807) is 18.3 Å². The third-order valence-corrected chi connectivity index (χ3v) is 2.09. The maximum absolute atomic E-state index is 10.8. The van der Waals surface area contributed by atoms with Gasteiger partial charge in [0.15, 0.2) is 0 Å². The van der Waals surface area contributed by atoms with Gasteiger partial charge >= 0.3 is 0 Å². The number of hydrogen-bond acceptors (Lipinski definition) is 4. The van der Waals surface area contributed by atoms with Crippen molar-refractivity contribution in [3.63, 3.8) is 0 Å². The van der Waals surface area contributed by atoms with Crippen molar-refractivity contribution in [3.8, 4) is 0 Å². The molecule has 5 nitrogen and oxygen atoms in total. The second-order valence-electron chi connectivity index (χ2n) is 3.09. The van der Waals surface area contributed by atoms with Gasteiger partial charge in [-0.1, -0.05) is 6.07 Å². The van der Waals surface area contributed by atoms with Crippen molar-refractivity contribution >= 4 is 0 Å². The minimum absolute atomic E-state index is 0.0789. The number of rotatable bonds is 6. The van der Waals surface area contributed by atoms with E-state index in [-0.39, 0.29) is 6.61 Å². The smallest absolute Gasteiger partial charge is 0.0764 e. The second-order valence-corrected chi connectivity index (χ2v) is 3.09. The van der Waals surface area contributed by atoms with Gasteiger partial charge in [-0.05, 0) is 24.5 Å².